The first-order valence-corrected chi connectivity index (χ1v) is 5.57. The van der Waals surface area contributed by atoms with Gasteiger partial charge in [0.25, 0.3) is 0 Å². The molecule has 0 fully saturated rings. The summed E-state index contributed by atoms with van der Waals surface area (Å²) in [6, 6.07) is 11.4. The van der Waals surface area contributed by atoms with E-state index in [1.54, 1.807) is 6.26 Å². The highest BCUT2D eigenvalue weighted by atomic mass is 16.5. The van der Waals surface area contributed by atoms with E-state index in [-0.39, 0.29) is 6.61 Å². The van der Waals surface area contributed by atoms with Crippen LogP contribution in [0, 0.1) is 11.3 Å². The van der Waals surface area contributed by atoms with E-state index >= 15 is 0 Å². The molecule has 5 nitrogen and oxygen atoms in total. The van der Waals surface area contributed by atoms with E-state index in [0.29, 0.717) is 18.8 Å². The molecule has 1 aromatic carbocycles. The third-order valence-corrected chi connectivity index (χ3v) is 2.33. The van der Waals surface area contributed by atoms with Crippen molar-refractivity contribution >= 4 is 0 Å². The van der Waals surface area contributed by atoms with Gasteiger partial charge in [-0.05, 0) is 17.7 Å². The van der Waals surface area contributed by atoms with E-state index in [4.69, 9.17) is 14.5 Å². The SMILES string of the molecule is N#CCOc1cccc(CNCc2ccon2)c1. The minimum atomic E-state index is 0.0653. The summed E-state index contributed by atoms with van der Waals surface area (Å²) in [5, 5.41) is 15.5. The Morgan fingerprint density at radius 3 is 3.06 bits per heavy atom. The van der Waals surface area contributed by atoms with Crippen molar-refractivity contribution in [1.82, 2.24) is 10.5 Å². The van der Waals surface area contributed by atoms with Crippen LogP contribution in [0.25, 0.3) is 0 Å². The number of nitrogens with zero attached hydrogens (tertiary/aromatic N) is 2. The van der Waals surface area contributed by atoms with Crippen molar-refractivity contribution in [3.05, 3.63) is 47.9 Å². The maximum Gasteiger partial charge on any atom is 0.174 e. The van der Waals surface area contributed by atoms with Gasteiger partial charge in [-0.25, -0.2) is 0 Å². The maximum absolute atomic E-state index is 8.44. The van der Waals surface area contributed by atoms with Crippen LogP contribution in [0.3, 0.4) is 0 Å². The van der Waals surface area contributed by atoms with Crippen molar-refractivity contribution in [3.63, 3.8) is 0 Å². The van der Waals surface area contributed by atoms with Crippen LogP contribution >= 0.6 is 0 Å². The lowest BCUT2D eigenvalue weighted by atomic mass is 10.2. The van der Waals surface area contributed by atoms with E-state index in [1.807, 2.05) is 36.4 Å². The molecule has 0 bridgehead atoms. The third kappa shape index (κ3) is 3.61. The van der Waals surface area contributed by atoms with Crippen molar-refractivity contribution in [2.75, 3.05) is 6.61 Å². The summed E-state index contributed by atoms with van der Waals surface area (Å²) in [5.74, 6) is 0.706. The highest BCUT2D eigenvalue weighted by molar-refractivity contribution is 5.28. The Morgan fingerprint density at radius 2 is 2.28 bits per heavy atom. The summed E-state index contributed by atoms with van der Waals surface area (Å²) in [7, 11) is 0. The van der Waals surface area contributed by atoms with Crippen LogP contribution in [0.15, 0.2) is 41.1 Å². The second kappa shape index (κ2) is 6.42. The predicted molar refractivity (Wildman–Crippen MR) is 64.6 cm³/mol. The molecular weight excluding hydrogens is 230 g/mol. The lowest BCUT2D eigenvalue weighted by Crippen LogP contribution is -2.12. The summed E-state index contributed by atoms with van der Waals surface area (Å²) in [6.45, 7) is 1.42. The Labute approximate surface area is 105 Å². The predicted octanol–water partition coefficient (Wildman–Crippen LogP) is 1.87. The van der Waals surface area contributed by atoms with Gasteiger partial charge in [0.05, 0.1) is 5.69 Å². The zero-order chi connectivity index (χ0) is 12.6. The van der Waals surface area contributed by atoms with Gasteiger partial charge in [-0.2, -0.15) is 5.26 Å². The lowest BCUT2D eigenvalue weighted by Gasteiger charge is -2.06. The number of aromatic nitrogens is 1. The molecule has 0 saturated heterocycles. The van der Waals surface area contributed by atoms with E-state index in [9.17, 15) is 0 Å². The molecule has 0 radical (unpaired) electrons. The molecule has 0 aliphatic carbocycles. The van der Waals surface area contributed by atoms with E-state index in [2.05, 4.69) is 10.5 Å². The van der Waals surface area contributed by atoms with Gasteiger partial charge in [-0.15, -0.1) is 0 Å². The standard InChI is InChI=1S/C13H13N3O2/c14-5-7-17-13-3-1-2-11(8-13)9-15-10-12-4-6-18-16-12/h1-4,6,8,15H,7,9-10H2. The molecule has 5 heteroatoms. The van der Waals surface area contributed by atoms with Crippen LogP contribution in [0.2, 0.25) is 0 Å². The van der Waals surface area contributed by atoms with Crippen molar-refractivity contribution in [3.8, 4) is 11.8 Å². The Bertz CT molecular complexity index is 517. The van der Waals surface area contributed by atoms with Crippen LogP contribution in [0.5, 0.6) is 5.75 Å². The average molecular weight is 243 g/mol. The first-order valence-electron chi connectivity index (χ1n) is 5.57. The molecule has 92 valence electrons. The summed E-state index contributed by atoms with van der Waals surface area (Å²) in [5.41, 5.74) is 1.96. The molecule has 0 aliphatic heterocycles. The molecule has 1 N–H and O–H groups in total. The minimum absolute atomic E-state index is 0.0653. The smallest absolute Gasteiger partial charge is 0.174 e. The molecule has 2 aromatic rings. The van der Waals surface area contributed by atoms with Crippen LogP contribution in [-0.4, -0.2) is 11.8 Å². The van der Waals surface area contributed by atoms with Gasteiger partial charge in [0, 0.05) is 19.2 Å². The maximum atomic E-state index is 8.44. The number of nitrogens with one attached hydrogen (secondary N) is 1. The molecule has 1 aromatic heterocycles. The Hall–Kier alpha value is -2.32. The molecule has 0 saturated carbocycles. The first kappa shape index (κ1) is 12.1. The average Bonchev–Trinajstić information content (AvgIpc) is 2.90. The molecule has 0 spiro atoms. The number of hydrogen-bond acceptors (Lipinski definition) is 5. The summed E-state index contributed by atoms with van der Waals surface area (Å²) in [6.07, 6.45) is 1.55. The fourth-order valence-corrected chi connectivity index (χ4v) is 1.52. The van der Waals surface area contributed by atoms with Crippen LogP contribution in [0.4, 0.5) is 0 Å². The molecule has 0 amide bonds. The molecular formula is C13H13N3O2. The largest absolute Gasteiger partial charge is 0.479 e. The lowest BCUT2D eigenvalue weighted by molar-refractivity contribution is 0.367. The van der Waals surface area contributed by atoms with Crippen molar-refractivity contribution < 1.29 is 9.26 Å². The Kier molecular flexibility index (Phi) is 4.33. The third-order valence-electron chi connectivity index (χ3n) is 2.33. The highest BCUT2D eigenvalue weighted by Crippen LogP contribution is 2.13. The van der Waals surface area contributed by atoms with Gasteiger partial charge in [0.15, 0.2) is 6.61 Å². The zero-order valence-electron chi connectivity index (χ0n) is 9.80. The summed E-state index contributed by atoms with van der Waals surface area (Å²) in [4.78, 5) is 0. The van der Waals surface area contributed by atoms with Crippen molar-refractivity contribution in [1.29, 1.82) is 5.26 Å². The molecule has 18 heavy (non-hydrogen) atoms. The summed E-state index contributed by atoms with van der Waals surface area (Å²) < 4.78 is 9.97. The molecule has 0 atom stereocenters. The van der Waals surface area contributed by atoms with Crippen LogP contribution < -0.4 is 10.1 Å². The number of benzene rings is 1. The monoisotopic (exact) mass is 243 g/mol. The fourth-order valence-electron chi connectivity index (χ4n) is 1.52. The second-order valence-corrected chi connectivity index (χ2v) is 3.69. The fraction of sp³-hybridized carbons (Fsp3) is 0.231. The van der Waals surface area contributed by atoms with Gasteiger partial charge in [-0.1, -0.05) is 17.3 Å². The second-order valence-electron chi connectivity index (χ2n) is 3.69. The van der Waals surface area contributed by atoms with Crippen molar-refractivity contribution in [2.45, 2.75) is 13.1 Å². The molecule has 1 heterocycles. The minimum Gasteiger partial charge on any atom is -0.479 e. The first-order chi connectivity index (χ1) is 8.88. The summed E-state index contributed by atoms with van der Waals surface area (Å²) >= 11 is 0. The normalized spacial score (nSPS) is 9.94. The van der Waals surface area contributed by atoms with Gasteiger partial charge in [-0.3, -0.25) is 0 Å². The Morgan fingerprint density at radius 1 is 1.33 bits per heavy atom. The van der Waals surface area contributed by atoms with Crippen LogP contribution in [-0.2, 0) is 13.1 Å². The van der Waals surface area contributed by atoms with Gasteiger partial charge in [0.1, 0.15) is 18.1 Å². The number of hydrogen-bond donors (Lipinski definition) is 1. The number of nitriles is 1. The van der Waals surface area contributed by atoms with Gasteiger partial charge < -0.3 is 14.6 Å². The highest BCUT2D eigenvalue weighted by Gasteiger charge is 1.99. The van der Waals surface area contributed by atoms with Gasteiger partial charge in [0.2, 0.25) is 0 Å². The quantitative estimate of drug-likeness (QED) is 0.838. The van der Waals surface area contributed by atoms with E-state index < -0.39 is 0 Å². The molecule has 2 rings (SSSR count). The Balaban J connectivity index is 1.83. The van der Waals surface area contributed by atoms with Crippen LogP contribution in [0.1, 0.15) is 11.3 Å². The number of rotatable bonds is 6. The topological polar surface area (TPSA) is 71.1 Å². The van der Waals surface area contributed by atoms with E-state index in [0.717, 1.165) is 11.3 Å². The molecule has 0 unspecified atom stereocenters. The van der Waals surface area contributed by atoms with Gasteiger partial charge >= 0.3 is 0 Å². The zero-order valence-corrected chi connectivity index (χ0v) is 9.80. The van der Waals surface area contributed by atoms with E-state index in [1.165, 1.54) is 0 Å². The molecule has 0 aliphatic rings. The number of ether oxygens (including phenoxy) is 1. The van der Waals surface area contributed by atoms with Crippen molar-refractivity contribution in [2.24, 2.45) is 0 Å².